The molecule has 1 aliphatic heterocycles. The Balaban J connectivity index is 1.48. The van der Waals surface area contributed by atoms with Crippen molar-refractivity contribution < 1.29 is 9.90 Å². The number of piperidine rings is 1. The first kappa shape index (κ1) is 15.4. The molecule has 3 aromatic rings. The zero-order chi connectivity index (χ0) is 17.7. The molecule has 2 atom stereocenters. The van der Waals surface area contributed by atoms with Crippen LogP contribution in [0.3, 0.4) is 0 Å². The number of aromatic hydroxyl groups is 1. The number of carbonyl (C=O) groups is 1. The van der Waals surface area contributed by atoms with Gasteiger partial charge in [0, 0.05) is 24.1 Å². The monoisotopic (exact) mass is 347 g/mol. The van der Waals surface area contributed by atoms with E-state index >= 15 is 0 Å². The lowest BCUT2D eigenvalue weighted by Crippen LogP contribution is -2.49. The molecule has 2 aliphatic rings. The lowest BCUT2D eigenvalue weighted by molar-refractivity contribution is 0.0547. The number of likely N-dealkylation sites (tertiary alicyclic amines) is 1. The maximum atomic E-state index is 13.2. The topological polar surface area (TPSA) is 69.2 Å². The van der Waals surface area contributed by atoms with Crippen LogP contribution in [-0.2, 0) is 6.42 Å². The summed E-state index contributed by atoms with van der Waals surface area (Å²) in [5, 5.41) is 9.92. The van der Waals surface area contributed by atoms with Crippen molar-refractivity contribution in [2.24, 2.45) is 0 Å². The highest BCUT2D eigenvalue weighted by molar-refractivity contribution is 5.97. The molecule has 2 heterocycles. The smallest absolute Gasteiger partial charge is 0.254 e. The number of aryl methyl sites for hydroxylation is 1. The van der Waals surface area contributed by atoms with Crippen LogP contribution in [0.1, 0.15) is 46.7 Å². The van der Waals surface area contributed by atoms with Gasteiger partial charge in [0.2, 0.25) is 0 Å². The fourth-order valence-corrected chi connectivity index (χ4v) is 4.72. The van der Waals surface area contributed by atoms with Gasteiger partial charge < -0.3 is 15.0 Å². The molecule has 2 aromatic carbocycles. The number of phenolic OH excluding ortho intramolecular Hbond substituents is 1. The van der Waals surface area contributed by atoms with Crippen molar-refractivity contribution in [3.63, 3.8) is 0 Å². The average Bonchev–Trinajstić information content (AvgIpc) is 3.14. The summed E-state index contributed by atoms with van der Waals surface area (Å²) >= 11 is 0. The van der Waals surface area contributed by atoms with Gasteiger partial charge in [-0.05, 0) is 67.1 Å². The highest BCUT2D eigenvalue weighted by Crippen LogP contribution is 2.42. The molecule has 132 valence electrons. The summed E-state index contributed by atoms with van der Waals surface area (Å²) in [5.41, 5.74) is 5.01. The van der Waals surface area contributed by atoms with Crippen LogP contribution in [-0.4, -0.2) is 38.5 Å². The summed E-state index contributed by atoms with van der Waals surface area (Å²) in [5.74, 6) is 0.725. The molecule has 0 radical (unpaired) electrons. The molecule has 5 nitrogen and oxygen atoms in total. The fourth-order valence-electron chi connectivity index (χ4n) is 4.72. The first-order valence-electron chi connectivity index (χ1n) is 9.26. The van der Waals surface area contributed by atoms with Crippen molar-refractivity contribution in [2.45, 2.75) is 37.6 Å². The molecular formula is C21H21N3O2. The summed E-state index contributed by atoms with van der Waals surface area (Å²) < 4.78 is 0. The Kier molecular flexibility index (Phi) is 3.48. The van der Waals surface area contributed by atoms with Gasteiger partial charge in [-0.15, -0.1) is 0 Å². The Morgan fingerprint density at radius 3 is 3.04 bits per heavy atom. The lowest BCUT2D eigenvalue weighted by atomic mass is 9.74. The van der Waals surface area contributed by atoms with E-state index < -0.39 is 0 Å². The van der Waals surface area contributed by atoms with Gasteiger partial charge in [-0.25, -0.2) is 4.98 Å². The zero-order valence-electron chi connectivity index (χ0n) is 14.5. The van der Waals surface area contributed by atoms with Crippen molar-refractivity contribution in [1.29, 1.82) is 0 Å². The summed E-state index contributed by atoms with van der Waals surface area (Å²) in [6, 6.07) is 11.6. The number of benzene rings is 2. The van der Waals surface area contributed by atoms with Gasteiger partial charge in [0.25, 0.3) is 5.91 Å². The first-order valence-corrected chi connectivity index (χ1v) is 9.26. The molecule has 2 N–H and O–H groups in total. The number of nitrogens with zero attached hydrogens (tertiary/aromatic N) is 2. The Labute approximate surface area is 151 Å². The largest absolute Gasteiger partial charge is 0.508 e. The van der Waals surface area contributed by atoms with E-state index in [0.29, 0.717) is 17.2 Å². The third kappa shape index (κ3) is 2.38. The number of nitrogens with one attached hydrogen (secondary N) is 1. The molecule has 1 unspecified atom stereocenters. The standard InChI is InChI=1S/C21H21N3O2/c25-15-6-3-13-5-8-20-16(17(13)11-15)2-1-9-24(20)21(26)14-4-7-18-19(10-14)23-12-22-18/h3-4,6-7,10-12,16,20,25H,1-2,5,8-9H2,(H,22,23)/t16?,20-/m0/s1. The Bertz CT molecular complexity index is 994. The first-order chi connectivity index (χ1) is 12.7. The maximum absolute atomic E-state index is 13.2. The minimum absolute atomic E-state index is 0.0909. The number of H-pyrrole nitrogens is 1. The third-order valence-electron chi connectivity index (χ3n) is 5.95. The molecule has 26 heavy (non-hydrogen) atoms. The molecule has 0 bridgehead atoms. The molecule has 0 spiro atoms. The van der Waals surface area contributed by atoms with E-state index in [-0.39, 0.29) is 11.9 Å². The minimum atomic E-state index is 0.0909. The molecule has 1 fully saturated rings. The van der Waals surface area contributed by atoms with Crippen LogP contribution in [0, 0.1) is 0 Å². The quantitative estimate of drug-likeness (QED) is 0.707. The minimum Gasteiger partial charge on any atom is -0.508 e. The van der Waals surface area contributed by atoms with E-state index in [4.69, 9.17) is 0 Å². The molecule has 1 aliphatic carbocycles. The molecule has 1 amide bonds. The van der Waals surface area contributed by atoms with Crippen LogP contribution in [0.25, 0.3) is 11.0 Å². The fraction of sp³-hybridized carbons (Fsp3) is 0.333. The van der Waals surface area contributed by atoms with E-state index in [1.165, 1.54) is 11.1 Å². The highest BCUT2D eigenvalue weighted by atomic mass is 16.3. The van der Waals surface area contributed by atoms with E-state index in [0.717, 1.165) is 43.3 Å². The van der Waals surface area contributed by atoms with Crippen molar-refractivity contribution in [1.82, 2.24) is 14.9 Å². The Hall–Kier alpha value is -2.82. The summed E-state index contributed by atoms with van der Waals surface area (Å²) in [4.78, 5) is 22.6. The molecule has 1 saturated heterocycles. The van der Waals surface area contributed by atoms with Gasteiger partial charge in [0.15, 0.2) is 0 Å². The van der Waals surface area contributed by atoms with Gasteiger partial charge in [-0.3, -0.25) is 4.79 Å². The van der Waals surface area contributed by atoms with Crippen molar-refractivity contribution in [3.8, 4) is 5.75 Å². The molecule has 5 heteroatoms. The number of hydrogen-bond donors (Lipinski definition) is 2. The summed E-state index contributed by atoms with van der Waals surface area (Å²) in [6.45, 7) is 0.798. The average molecular weight is 347 g/mol. The number of phenols is 1. The normalized spacial score (nSPS) is 22.1. The van der Waals surface area contributed by atoms with E-state index in [1.54, 1.807) is 12.4 Å². The highest BCUT2D eigenvalue weighted by Gasteiger charge is 2.38. The van der Waals surface area contributed by atoms with Crippen LogP contribution in [0.5, 0.6) is 5.75 Å². The van der Waals surface area contributed by atoms with Crippen LogP contribution < -0.4 is 0 Å². The van der Waals surface area contributed by atoms with Crippen LogP contribution in [0.2, 0.25) is 0 Å². The van der Waals surface area contributed by atoms with Crippen LogP contribution in [0.4, 0.5) is 0 Å². The van der Waals surface area contributed by atoms with Crippen molar-refractivity contribution in [3.05, 3.63) is 59.4 Å². The van der Waals surface area contributed by atoms with Gasteiger partial charge in [-0.1, -0.05) is 6.07 Å². The number of rotatable bonds is 1. The predicted octanol–water partition coefficient (Wildman–Crippen LogP) is 3.60. The molecule has 5 rings (SSSR count). The molecular weight excluding hydrogens is 326 g/mol. The second-order valence-corrected chi connectivity index (χ2v) is 7.37. The number of hydrogen-bond acceptors (Lipinski definition) is 3. The molecule has 0 saturated carbocycles. The SMILES string of the molecule is O=C(c1ccc2[nH]cnc2c1)N1CCCC2c3cc(O)ccc3CC[C@@H]21. The van der Waals surface area contributed by atoms with Gasteiger partial charge in [0.1, 0.15) is 5.75 Å². The summed E-state index contributed by atoms with van der Waals surface area (Å²) in [6.07, 6.45) is 5.66. The lowest BCUT2D eigenvalue weighted by Gasteiger charge is -2.45. The third-order valence-corrected chi connectivity index (χ3v) is 5.95. The van der Waals surface area contributed by atoms with Gasteiger partial charge >= 0.3 is 0 Å². The van der Waals surface area contributed by atoms with E-state index in [2.05, 4.69) is 14.9 Å². The molecule has 1 aromatic heterocycles. The van der Waals surface area contributed by atoms with Crippen LogP contribution in [0.15, 0.2) is 42.7 Å². The number of aromatic amines is 1. The number of carbonyl (C=O) groups excluding carboxylic acids is 1. The Morgan fingerprint density at radius 2 is 2.12 bits per heavy atom. The summed E-state index contributed by atoms with van der Waals surface area (Å²) in [7, 11) is 0. The van der Waals surface area contributed by atoms with Crippen molar-refractivity contribution in [2.75, 3.05) is 6.54 Å². The van der Waals surface area contributed by atoms with Crippen LogP contribution >= 0.6 is 0 Å². The number of amides is 1. The maximum Gasteiger partial charge on any atom is 0.254 e. The van der Waals surface area contributed by atoms with Gasteiger partial charge in [0.05, 0.1) is 17.4 Å². The van der Waals surface area contributed by atoms with E-state index in [9.17, 15) is 9.90 Å². The predicted molar refractivity (Wildman–Crippen MR) is 99.3 cm³/mol. The Morgan fingerprint density at radius 1 is 1.19 bits per heavy atom. The second-order valence-electron chi connectivity index (χ2n) is 7.37. The zero-order valence-corrected chi connectivity index (χ0v) is 14.5. The van der Waals surface area contributed by atoms with E-state index in [1.807, 2.05) is 30.3 Å². The number of fused-ring (bicyclic) bond motifs is 4. The van der Waals surface area contributed by atoms with Crippen molar-refractivity contribution >= 4 is 16.9 Å². The number of aromatic nitrogens is 2. The second kappa shape index (κ2) is 5.87. The van der Waals surface area contributed by atoms with Gasteiger partial charge in [-0.2, -0.15) is 0 Å². The number of imidazole rings is 1.